The third-order valence-electron chi connectivity index (χ3n) is 3.24. The van der Waals surface area contributed by atoms with Crippen LogP contribution in [-0.4, -0.2) is 18.7 Å². The van der Waals surface area contributed by atoms with E-state index in [1.165, 1.54) is 11.3 Å². The van der Waals surface area contributed by atoms with Crippen molar-refractivity contribution in [1.29, 1.82) is 0 Å². The SMILES string of the molecule is CC(C)(N)CCCNc1ccc2c(c1)CCCO2. The van der Waals surface area contributed by atoms with Crippen molar-refractivity contribution in [2.24, 2.45) is 5.73 Å². The van der Waals surface area contributed by atoms with Crippen molar-refractivity contribution >= 4 is 5.69 Å². The second-order valence-electron chi connectivity index (χ2n) is 5.79. The highest BCUT2D eigenvalue weighted by Gasteiger charge is 2.11. The molecule has 1 aromatic rings. The number of nitrogens with two attached hydrogens (primary N) is 1. The highest BCUT2D eigenvalue weighted by molar-refractivity contribution is 5.51. The minimum atomic E-state index is -0.0641. The first-order valence-corrected chi connectivity index (χ1v) is 6.83. The maximum absolute atomic E-state index is 5.96. The van der Waals surface area contributed by atoms with Crippen LogP contribution in [0.3, 0.4) is 0 Å². The zero-order valence-corrected chi connectivity index (χ0v) is 11.5. The molecule has 2 rings (SSSR count). The number of rotatable bonds is 5. The Hall–Kier alpha value is -1.22. The Balaban J connectivity index is 1.83. The molecule has 100 valence electrons. The van der Waals surface area contributed by atoms with Crippen molar-refractivity contribution < 1.29 is 4.74 Å². The molecule has 3 heteroatoms. The maximum Gasteiger partial charge on any atom is 0.122 e. The molecule has 18 heavy (non-hydrogen) atoms. The Kier molecular flexibility index (Phi) is 4.12. The first-order chi connectivity index (χ1) is 8.54. The molecule has 0 aromatic heterocycles. The lowest BCUT2D eigenvalue weighted by Crippen LogP contribution is -2.32. The van der Waals surface area contributed by atoms with Crippen LogP contribution in [0.1, 0.15) is 38.7 Å². The molecule has 0 saturated heterocycles. The summed E-state index contributed by atoms with van der Waals surface area (Å²) < 4.78 is 5.60. The van der Waals surface area contributed by atoms with Crippen molar-refractivity contribution in [3.05, 3.63) is 23.8 Å². The first kappa shape index (κ1) is 13.2. The summed E-state index contributed by atoms with van der Waals surface area (Å²) in [6.07, 6.45) is 4.38. The Morgan fingerprint density at radius 3 is 3.00 bits per heavy atom. The minimum absolute atomic E-state index is 0.0641. The quantitative estimate of drug-likeness (QED) is 0.788. The Labute approximate surface area is 110 Å². The number of hydrogen-bond acceptors (Lipinski definition) is 3. The van der Waals surface area contributed by atoms with E-state index in [1.54, 1.807) is 0 Å². The predicted molar refractivity (Wildman–Crippen MR) is 76.2 cm³/mol. The van der Waals surface area contributed by atoms with Crippen LogP contribution in [0.2, 0.25) is 0 Å². The van der Waals surface area contributed by atoms with Crippen LogP contribution >= 0.6 is 0 Å². The zero-order chi connectivity index (χ0) is 13.0. The molecule has 1 aliphatic heterocycles. The van der Waals surface area contributed by atoms with Crippen LogP contribution in [0.15, 0.2) is 18.2 Å². The monoisotopic (exact) mass is 248 g/mol. The summed E-state index contributed by atoms with van der Waals surface area (Å²) >= 11 is 0. The fourth-order valence-corrected chi connectivity index (χ4v) is 2.25. The number of fused-ring (bicyclic) bond motifs is 1. The molecule has 0 radical (unpaired) electrons. The standard InChI is InChI=1S/C15H24N2O/c1-15(2,16)8-4-9-17-13-6-7-14-12(11-13)5-3-10-18-14/h6-7,11,17H,3-5,8-10,16H2,1-2H3. The van der Waals surface area contributed by atoms with Crippen LogP contribution in [-0.2, 0) is 6.42 Å². The van der Waals surface area contributed by atoms with Gasteiger partial charge in [0.05, 0.1) is 6.61 Å². The number of anilines is 1. The zero-order valence-electron chi connectivity index (χ0n) is 11.5. The van der Waals surface area contributed by atoms with Crippen LogP contribution < -0.4 is 15.8 Å². The van der Waals surface area contributed by atoms with Gasteiger partial charge in [0.25, 0.3) is 0 Å². The van der Waals surface area contributed by atoms with E-state index in [1.807, 2.05) is 0 Å². The number of ether oxygens (including phenoxy) is 1. The molecule has 0 amide bonds. The molecule has 1 heterocycles. The van der Waals surface area contributed by atoms with Crippen molar-refractivity contribution in [1.82, 2.24) is 0 Å². The second kappa shape index (κ2) is 5.61. The third-order valence-corrected chi connectivity index (χ3v) is 3.24. The summed E-state index contributed by atoms with van der Waals surface area (Å²) in [7, 11) is 0. The number of hydrogen-bond donors (Lipinski definition) is 2. The topological polar surface area (TPSA) is 47.3 Å². The van der Waals surface area contributed by atoms with E-state index >= 15 is 0 Å². The van der Waals surface area contributed by atoms with E-state index < -0.39 is 0 Å². The van der Waals surface area contributed by atoms with Gasteiger partial charge in [-0.15, -0.1) is 0 Å². The van der Waals surface area contributed by atoms with Gasteiger partial charge in [0.2, 0.25) is 0 Å². The lowest BCUT2D eigenvalue weighted by atomic mass is 10.0. The van der Waals surface area contributed by atoms with Gasteiger partial charge in [-0.2, -0.15) is 0 Å². The largest absolute Gasteiger partial charge is 0.493 e. The predicted octanol–water partition coefficient (Wildman–Crippen LogP) is 2.94. The van der Waals surface area contributed by atoms with E-state index in [4.69, 9.17) is 10.5 Å². The summed E-state index contributed by atoms with van der Waals surface area (Å²) in [6.45, 7) is 5.97. The average molecular weight is 248 g/mol. The van der Waals surface area contributed by atoms with E-state index in [0.29, 0.717) is 0 Å². The highest BCUT2D eigenvalue weighted by Crippen LogP contribution is 2.27. The van der Waals surface area contributed by atoms with Gasteiger partial charge in [0, 0.05) is 17.8 Å². The van der Waals surface area contributed by atoms with Gasteiger partial charge in [0.15, 0.2) is 0 Å². The van der Waals surface area contributed by atoms with Crippen molar-refractivity contribution in [2.75, 3.05) is 18.5 Å². The molecule has 1 aliphatic rings. The summed E-state index contributed by atoms with van der Waals surface area (Å²) in [4.78, 5) is 0. The van der Waals surface area contributed by atoms with E-state index in [2.05, 4.69) is 37.4 Å². The molecule has 0 aliphatic carbocycles. The summed E-state index contributed by atoms with van der Waals surface area (Å²) in [6, 6.07) is 6.38. The first-order valence-electron chi connectivity index (χ1n) is 6.83. The fraction of sp³-hybridized carbons (Fsp3) is 0.600. The summed E-state index contributed by atoms with van der Waals surface area (Å²) in [5.74, 6) is 1.05. The smallest absolute Gasteiger partial charge is 0.122 e. The van der Waals surface area contributed by atoms with Gasteiger partial charge in [-0.05, 0) is 63.3 Å². The molecule has 0 fully saturated rings. The lowest BCUT2D eigenvalue weighted by Gasteiger charge is -2.20. The summed E-state index contributed by atoms with van der Waals surface area (Å²) in [5, 5.41) is 3.46. The molecular weight excluding hydrogens is 224 g/mol. The van der Waals surface area contributed by atoms with E-state index in [-0.39, 0.29) is 5.54 Å². The Bertz CT molecular complexity index is 396. The van der Waals surface area contributed by atoms with Crippen LogP contribution in [0.4, 0.5) is 5.69 Å². The molecule has 1 aromatic carbocycles. The van der Waals surface area contributed by atoms with Crippen molar-refractivity contribution in [3.63, 3.8) is 0 Å². The molecule has 0 atom stereocenters. The molecule has 3 N–H and O–H groups in total. The van der Waals surface area contributed by atoms with Crippen molar-refractivity contribution in [2.45, 2.75) is 45.1 Å². The number of nitrogens with one attached hydrogen (secondary N) is 1. The number of aryl methyl sites for hydroxylation is 1. The number of benzene rings is 1. The maximum atomic E-state index is 5.96. The summed E-state index contributed by atoms with van der Waals surface area (Å²) in [5.41, 5.74) is 8.41. The Morgan fingerprint density at radius 1 is 1.39 bits per heavy atom. The molecular formula is C15H24N2O. The van der Waals surface area contributed by atoms with Gasteiger partial charge in [0.1, 0.15) is 5.75 Å². The van der Waals surface area contributed by atoms with Gasteiger partial charge in [-0.25, -0.2) is 0 Å². The van der Waals surface area contributed by atoms with E-state index in [0.717, 1.165) is 44.6 Å². The van der Waals surface area contributed by atoms with Crippen LogP contribution in [0.25, 0.3) is 0 Å². The van der Waals surface area contributed by atoms with Gasteiger partial charge in [-0.1, -0.05) is 0 Å². The van der Waals surface area contributed by atoms with Gasteiger partial charge < -0.3 is 15.8 Å². The lowest BCUT2D eigenvalue weighted by molar-refractivity contribution is 0.288. The highest BCUT2D eigenvalue weighted by atomic mass is 16.5. The molecule has 0 unspecified atom stereocenters. The minimum Gasteiger partial charge on any atom is -0.493 e. The Morgan fingerprint density at radius 2 is 2.22 bits per heavy atom. The molecule has 0 bridgehead atoms. The van der Waals surface area contributed by atoms with Gasteiger partial charge >= 0.3 is 0 Å². The van der Waals surface area contributed by atoms with Gasteiger partial charge in [-0.3, -0.25) is 0 Å². The molecule has 0 spiro atoms. The molecule has 0 saturated carbocycles. The van der Waals surface area contributed by atoms with Crippen LogP contribution in [0, 0.1) is 0 Å². The van der Waals surface area contributed by atoms with Crippen molar-refractivity contribution in [3.8, 4) is 5.75 Å². The average Bonchev–Trinajstić information content (AvgIpc) is 2.33. The normalized spacial score (nSPS) is 14.8. The fourth-order valence-electron chi connectivity index (χ4n) is 2.25. The van der Waals surface area contributed by atoms with Crippen LogP contribution in [0.5, 0.6) is 5.75 Å². The molecule has 3 nitrogen and oxygen atoms in total. The third kappa shape index (κ3) is 3.91. The van der Waals surface area contributed by atoms with E-state index in [9.17, 15) is 0 Å². The second-order valence-corrected chi connectivity index (χ2v) is 5.79.